The van der Waals surface area contributed by atoms with Gasteiger partial charge in [-0.15, -0.1) is 0 Å². The van der Waals surface area contributed by atoms with Gasteiger partial charge in [0.1, 0.15) is 16.6 Å². The molecule has 0 heterocycles. The summed E-state index contributed by atoms with van der Waals surface area (Å²) in [6, 6.07) is 1.60. The molecule has 0 saturated carbocycles. The van der Waals surface area contributed by atoms with Gasteiger partial charge >= 0.3 is 5.97 Å². The Morgan fingerprint density at radius 3 is 2.54 bits per heavy atom. The number of hydrogen-bond acceptors (Lipinski definition) is 4. The molecular weight excluding hydrogens is 379 g/mol. The molecule has 0 amide bonds. The van der Waals surface area contributed by atoms with Crippen LogP contribution < -0.4 is 4.74 Å². The summed E-state index contributed by atoms with van der Waals surface area (Å²) in [7, 11) is 0. The summed E-state index contributed by atoms with van der Waals surface area (Å²) < 4.78 is 5.21. The maximum atomic E-state index is 13.2. The van der Waals surface area contributed by atoms with Gasteiger partial charge in [0, 0.05) is 17.4 Å². The summed E-state index contributed by atoms with van der Waals surface area (Å²) in [4.78, 5) is 35.4. The van der Waals surface area contributed by atoms with Gasteiger partial charge in [0.2, 0.25) is 0 Å². The van der Waals surface area contributed by atoms with E-state index in [9.17, 15) is 14.4 Å². The number of unbranched alkanes of at least 4 members (excludes halogenated alkanes) is 1. The Labute approximate surface area is 162 Å². The van der Waals surface area contributed by atoms with Gasteiger partial charge in [0.15, 0.2) is 12.4 Å². The highest BCUT2D eigenvalue weighted by atomic mass is 35.5. The highest BCUT2D eigenvalue weighted by molar-refractivity contribution is 6.45. The number of ketones is 2. The van der Waals surface area contributed by atoms with Crippen molar-refractivity contribution in [1.82, 2.24) is 0 Å². The van der Waals surface area contributed by atoms with Crippen LogP contribution in [0.15, 0.2) is 6.07 Å². The molecule has 5 nitrogen and oxygen atoms in total. The lowest BCUT2D eigenvalue weighted by molar-refractivity contribution is -0.139. The molecule has 0 aromatic heterocycles. The zero-order chi connectivity index (χ0) is 19.5. The summed E-state index contributed by atoms with van der Waals surface area (Å²) >= 11 is 12.5. The molecule has 0 radical (unpaired) electrons. The van der Waals surface area contributed by atoms with Crippen molar-refractivity contribution in [1.29, 1.82) is 0 Å². The minimum atomic E-state index is -1.13. The highest BCUT2D eigenvalue weighted by Crippen LogP contribution is 2.50. The third-order valence-electron chi connectivity index (χ3n) is 4.81. The molecule has 1 aliphatic carbocycles. The van der Waals surface area contributed by atoms with Crippen molar-refractivity contribution in [2.45, 2.75) is 52.4 Å². The Kier molecular flexibility index (Phi) is 6.69. The van der Waals surface area contributed by atoms with E-state index in [2.05, 4.69) is 0 Å². The molecule has 2 rings (SSSR count). The fourth-order valence-electron chi connectivity index (χ4n) is 3.45. The second kappa shape index (κ2) is 8.40. The molecule has 1 aromatic carbocycles. The third kappa shape index (κ3) is 4.21. The second-order valence-corrected chi connectivity index (χ2v) is 7.57. The average Bonchev–Trinajstić information content (AvgIpc) is 2.85. The Bertz CT molecular complexity index is 744. The molecule has 0 spiro atoms. The number of halogens is 2. The normalized spacial score (nSPS) is 18.7. The number of fused-ring (bicyclic) bond motifs is 1. The van der Waals surface area contributed by atoms with E-state index in [4.69, 9.17) is 33.0 Å². The van der Waals surface area contributed by atoms with E-state index in [1.54, 1.807) is 6.07 Å². The van der Waals surface area contributed by atoms with Gasteiger partial charge in [-0.2, -0.15) is 0 Å². The van der Waals surface area contributed by atoms with Gasteiger partial charge in [-0.3, -0.25) is 4.79 Å². The van der Waals surface area contributed by atoms with E-state index in [-0.39, 0.29) is 27.4 Å². The van der Waals surface area contributed by atoms with Gasteiger partial charge < -0.3 is 14.6 Å². The van der Waals surface area contributed by atoms with Gasteiger partial charge in [-0.05, 0) is 37.8 Å². The number of carboxylic acid groups (broad SMARTS) is 1. The van der Waals surface area contributed by atoms with E-state index in [1.807, 2.05) is 6.92 Å². The molecule has 26 heavy (non-hydrogen) atoms. The van der Waals surface area contributed by atoms with Crippen molar-refractivity contribution in [2.75, 3.05) is 6.61 Å². The molecule has 1 N–H and O–H groups in total. The summed E-state index contributed by atoms with van der Waals surface area (Å²) in [6.45, 7) is 3.02. The van der Waals surface area contributed by atoms with Crippen LogP contribution >= 0.6 is 23.2 Å². The van der Waals surface area contributed by atoms with Gasteiger partial charge in [0.05, 0.1) is 5.02 Å². The molecule has 142 valence electrons. The summed E-state index contributed by atoms with van der Waals surface area (Å²) in [5.41, 5.74) is 0.408. The van der Waals surface area contributed by atoms with Crippen molar-refractivity contribution < 1.29 is 24.2 Å². The van der Waals surface area contributed by atoms with Gasteiger partial charge in [-0.1, -0.05) is 43.0 Å². The largest absolute Gasteiger partial charge is 0.480 e. The number of ether oxygens (including phenoxy) is 1. The van der Waals surface area contributed by atoms with E-state index < -0.39 is 18.0 Å². The molecular formula is C19H22Cl2O5. The van der Waals surface area contributed by atoms with Crippen LogP contribution in [-0.4, -0.2) is 29.2 Å². The van der Waals surface area contributed by atoms with Crippen LogP contribution in [0.4, 0.5) is 0 Å². The minimum absolute atomic E-state index is 0.0397. The maximum Gasteiger partial charge on any atom is 0.341 e. The number of carbonyl (C=O) groups excluding carboxylic acids is 2. The van der Waals surface area contributed by atoms with Crippen LogP contribution in [0.1, 0.15) is 61.9 Å². The highest BCUT2D eigenvalue weighted by Gasteiger charge is 2.46. The fraction of sp³-hybridized carbons (Fsp3) is 0.526. The van der Waals surface area contributed by atoms with Crippen LogP contribution in [-0.2, 0) is 16.0 Å². The number of carbonyl (C=O) groups is 3. The van der Waals surface area contributed by atoms with Crippen LogP contribution in [0, 0.1) is 5.41 Å². The number of carboxylic acids is 1. The van der Waals surface area contributed by atoms with E-state index in [0.29, 0.717) is 36.8 Å². The smallest absolute Gasteiger partial charge is 0.341 e. The maximum absolute atomic E-state index is 13.2. The third-order valence-corrected chi connectivity index (χ3v) is 5.66. The lowest BCUT2D eigenvalue weighted by atomic mass is 9.75. The first-order chi connectivity index (χ1) is 12.2. The van der Waals surface area contributed by atoms with Crippen molar-refractivity contribution in [3.8, 4) is 5.75 Å². The number of rotatable bonds is 9. The predicted octanol–water partition coefficient (Wildman–Crippen LogP) is 4.74. The minimum Gasteiger partial charge on any atom is -0.480 e. The number of Topliss-reactive ketones (excluding diaryl/α,β-unsaturated/α-hetero) is 2. The van der Waals surface area contributed by atoms with Crippen molar-refractivity contribution in [2.24, 2.45) is 5.41 Å². The SMILES string of the molecule is CCCCC1(CCC(C)=O)Cc2cc(OCC(=O)O)c(Cl)c(Cl)c2C1=O. The zero-order valence-corrected chi connectivity index (χ0v) is 16.4. The molecule has 0 saturated heterocycles. The van der Waals surface area contributed by atoms with Crippen LogP contribution in [0.25, 0.3) is 0 Å². The molecule has 0 aliphatic heterocycles. The van der Waals surface area contributed by atoms with Gasteiger partial charge in [0.25, 0.3) is 0 Å². The predicted molar refractivity (Wildman–Crippen MR) is 99.5 cm³/mol. The molecule has 0 bridgehead atoms. The first kappa shape index (κ1) is 20.7. The standard InChI is InChI=1S/C19H22Cl2O5/c1-3-4-6-19(7-5-11(2)22)9-12-8-13(26-10-14(23)24)16(20)17(21)15(12)18(19)25/h8H,3-7,9-10H2,1-2H3,(H,23,24). The Morgan fingerprint density at radius 2 is 1.96 bits per heavy atom. The van der Waals surface area contributed by atoms with Crippen molar-refractivity contribution >= 4 is 40.7 Å². The lowest BCUT2D eigenvalue weighted by Gasteiger charge is -2.27. The van der Waals surface area contributed by atoms with E-state index >= 15 is 0 Å². The Hall–Kier alpha value is -1.59. The molecule has 7 heteroatoms. The number of hydrogen-bond donors (Lipinski definition) is 1. The Balaban J connectivity index is 2.41. The number of aliphatic carboxylic acids is 1. The van der Waals surface area contributed by atoms with Crippen molar-refractivity contribution in [3.05, 3.63) is 27.2 Å². The van der Waals surface area contributed by atoms with Crippen molar-refractivity contribution in [3.63, 3.8) is 0 Å². The molecule has 1 unspecified atom stereocenters. The quantitative estimate of drug-likeness (QED) is 0.646. The van der Waals surface area contributed by atoms with Crippen LogP contribution in [0.5, 0.6) is 5.75 Å². The summed E-state index contributed by atoms with van der Waals surface area (Å²) in [5.74, 6) is -1.02. The first-order valence-electron chi connectivity index (χ1n) is 8.61. The first-order valence-corrected chi connectivity index (χ1v) is 9.37. The lowest BCUT2D eigenvalue weighted by Crippen LogP contribution is -2.29. The summed E-state index contributed by atoms with van der Waals surface area (Å²) in [5, 5.41) is 8.92. The summed E-state index contributed by atoms with van der Waals surface area (Å²) in [6.07, 6.45) is 3.73. The van der Waals surface area contributed by atoms with Crippen LogP contribution in [0.3, 0.4) is 0 Å². The topological polar surface area (TPSA) is 80.7 Å². The fourth-order valence-corrected chi connectivity index (χ4v) is 3.96. The van der Waals surface area contributed by atoms with Crippen LogP contribution in [0.2, 0.25) is 10.0 Å². The van der Waals surface area contributed by atoms with E-state index in [0.717, 1.165) is 12.8 Å². The number of benzene rings is 1. The second-order valence-electron chi connectivity index (χ2n) is 6.81. The molecule has 1 aliphatic rings. The monoisotopic (exact) mass is 400 g/mol. The van der Waals surface area contributed by atoms with Gasteiger partial charge in [-0.25, -0.2) is 4.79 Å². The average molecular weight is 401 g/mol. The van der Waals surface area contributed by atoms with E-state index in [1.165, 1.54) is 6.92 Å². The Morgan fingerprint density at radius 1 is 1.27 bits per heavy atom. The zero-order valence-electron chi connectivity index (χ0n) is 14.9. The molecule has 1 aromatic rings. The molecule has 0 fully saturated rings. The molecule has 1 atom stereocenters.